The number of hydrogen-bond donors (Lipinski definition) is 1. The van der Waals surface area contributed by atoms with Crippen molar-refractivity contribution in [2.24, 2.45) is 0 Å². The quantitative estimate of drug-likeness (QED) is 0.921. The van der Waals surface area contributed by atoms with Gasteiger partial charge in [-0.3, -0.25) is 0 Å². The maximum atomic E-state index is 10.9. The van der Waals surface area contributed by atoms with Crippen molar-refractivity contribution < 1.29 is 14.6 Å². The van der Waals surface area contributed by atoms with E-state index < -0.39 is 5.97 Å². The Kier molecular flexibility index (Phi) is 3.84. The molecule has 0 radical (unpaired) electrons. The lowest BCUT2D eigenvalue weighted by Gasteiger charge is -2.13. The number of carboxylic acids is 1. The Hall–Kier alpha value is -2.63. The number of nitrogens with zero attached hydrogens (tertiary/aromatic N) is 3. The third kappa shape index (κ3) is 3.23. The molecule has 0 saturated heterocycles. The van der Waals surface area contributed by atoms with Crippen LogP contribution in [0.15, 0.2) is 30.3 Å². The molecule has 0 fully saturated rings. The van der Waals surface area contributed by atoms with E-state index in [0.717, 1.165) is 5.69 Å². The van der Waals surface area contributed by atoms with Gasteiger partial charge in [0.2, 0.25) is 0 Å². The van der Waals surface area contributed by atoms with E-state index in [9.17, 15) is 4.79 Å². The topological polar surface area (TPSA) is 75.6 Å². The van der Waals surface area contributed by atoms with Gasteiger partial charge in [-0.25, -0.2) is 9.78 Å². The van der Waals surface area contributed by atoms with Gasteiger partial charge in [0.05, 0.1) is 0 Å². The summed E-state index contributed by atoms with van der Waals surface area (Å²) in [5, 5.41) is 8.96. The molecule has 0 atom stereocenters. The highest BCUT2D eigenvalue weighted by Gasteiger charge is 2.10. The molecule has 20 heavy (non-hydrogen) atoms. The first-order valence-electron chi connectivity index (χ1n) is 6.00. The van der Waals surface area contributed by atoms with Crippen molar-refractivity contribution >= 4 is 11.7 Å². The normalized spacial score (nSPS) is 10.2. The van der Waals surface area contributed by atoms with Crippen LogP contribution in [0.5, 0.6) is 11.8 Å². The van der Waals surface area contributed by atoms with Crippen LogP contribution in [-0.4, -0.2) is 35.1 Å². The number of anilines is 1. The third-order valence-corrected chi connectivity index (χ3v) is 2.60. The minimum Gasteiger partial charge on any atom is -0.477 e. The lowest BCUT2D eigenvalue weighted by molar-refractivity contribution is 0.0689. The molecule has 1 aromatic heterocycles. The molecule has 1 aromatic carbocycles. The number of carboxylic acid groups (broad SMARTS) is 1. The van der Waals surface area contributed by atoms with Crippen LogP contribution in [0.1, 0.15) is 16.2 Å². The molecule has 6 nitrogen and oxygen atoms in total. The second-order valence-corrected chi connectivity index (χ2v) is 4.48. The van der Waals surface area contributed by atoms with Gasteiger partial charge in [-0.05, 0) is 25.1 Å². The molecule has 104 valence electrons. The van der Waals surface area contributed by atoms with Crippen LogP contribution in [0.3, 0.4) is 0 Å². The zero-order valence-corrected chi connectivity index (χ0v) is 11.5. The average molecular weight is 273 g/mol. The van der Waals surface area contributed by atoms with Gasteiger partial charge >= 0.3 is 12.0 Å². The van der Waals surface area contributed by atoms with Gasteiger partial charge in [-0.2, -0.15) is 4.98 Å². The molecule has 0 spiro atoms. The SMILES string of the molecule is Cc1cc(C(=O)O)nc(Oc2cccc(N(C)C)c2)n1. The van der Waals surface area contributed by atoms with Crippen LogP contribution in [0.4, 0.5) is 5.69 Å². The molecule has 0 aliphatic heterocycles. The molecular formula is C14H15N3O3. The van der Waals surface area contributed by atoms with Gasteiger partial charge < -0.3 is 14.7 Å². The Bertz CT molecular complexity index is 641. The maximum Gasteiger partial charge on any atom is 0.354 e. The van der Waals surface area contributed by atoms with Crippen LogP contribution in [0, 0.1) is 6.92 Å². The zero-order chi connectivity index (χ0) is 14.7. The van der Waals surface area contributed by atoms with Gasteiger partial charge in [0.25, 0.3) is 0 Å². The molecule has 1 N–H and O–H groups in total. The fraction of sp³-hybridized carbons (Fsp3) is 0.214. The average Bonchev–Trinajstić information content (AvgIpc) is 2.38. The minimum absolute atomic E-state index is 0.0262. The highest BCUT2D eigenvalue weighted by atomic mass is 16.5. The van der Waals surface area contributed by atoms with E-state index >= 15 is 0 Å². The smallest absolute Gasteiger partial charge is 0.354 e. The number of benzene rings is 1. The minimum atomic E-state index is -1.11. The molecule has 2 aromatic rings. The Morgan fingerprint density at radius 2 is 2.00 bits per heavy atom. The van der Waals surface area contributed by atoms with Crippen molar-refractivity contribution in [1.29, 1.82) is 0 Å². The van der Waals surface area contributed by atoms with Crippen molar-refractivity contribution in [2.75, 3.05) is 19.0 Å². The van der Waals surface area contributed by atoms with Crippen LogP contribution in [-0.2, 0) is 0 Å². The van der Waals surface area contributed by atoms with Crippen LogP contribution < -0.4 is 9.64 Å². The highest BCUT2D eigenvalue weighted by molar-refractivity contribution is 5.85. The van der Waals surface area contributed by atoms with E-state index in [1.807, 2.05) is 37.2 Å². The van der Waals surface area contributed by atoms with E-state index in [-0.39, 0.29) is 11.7 Å². The van der Waals surface area contributed by atoms with E-state index in [1.165, 1.54) is 6.07 Å². The van der Waals surface area contributed by atoms with Gasteiger partial charge in [0, 0.05) is 31.5 Å². The van der Waals surface area contributed by atoms with Crippen molar-refractivity contribution in [3.05, 3.63) is 41.7 Å². The molecular weight excluding hydrogens is 258 g/mol. The number of aromatic carboxylic acids is 1. The summed E-state index contributed by atoms with van der Waals surface area (Å²) < 4.78 is 5.53. The summed E-state index contributed by atoms with van der Waals surface area (Å²) in [4.78, 5) is 20.8. The molecule has 0 unspecified atom stereocenters. The van der Waals surface area contributed by atoms with Crippen LogP contribution in [0.2, 0.25) is 0 Å². The Balaban J connectivity index is 2.30. The molecule has 0 bridgehead atoms. The van der Waals surface area contributed by atoms with E-state index in [2.05, 4.69) is 9.97 Å². The number of rotatable bonds is 4. The van der Waals surface area contributed by atoms with Crippen LogP contribution >= 0.6 is 0 Å². The molecule has 0 aliphatic rings. The predicted octanol–water partition coefficient (Wildman–Crippen LogP) is 2.34. The van der Waals surface area contributed by atoms with E-state index in [4.69, 9.17) is 9.84 Å². The summed E-state index contributed by atoms with van der Waals surface area (Å²) in [5.74, 6) is -0.555. The van der Waals surface area contributed by atoms with Crippen molar-refractivity contribution in [3.63, 3.8) is 0 Å². The number of carbonyl (C=O) groups is 1. The second-order valence-electron chi connectivity index (χ2n) is 4.48. The van der Waals surface area contributed by atoms with E-state index in [0.29, 0.717) is 11.4 Å². The first kappa shape index (κ1) is 13.8. The molecule has 0 aliphatic carbocycles. The molecule has 6 heteroatoms. The highest BCUT2D eigenvalue weighted by Crippen LogP contribution is 2.23. The number of hydrogen-bond acceptors (Lipinski definition) is 5. The summed E-state index contributed by atoms with van der Waals surface area (Å²) in [5.41, 5.74) is 1.42. The molecule has 0 saturated carbocycles. The lowest BCUT2D eigenvalue weighted by atomic mass is 10.3. The van der Waals surface area contributed by atoms with Gasteiger partial charge in [-0.1, -0.05) is 6.07 Å². The number of ether oxygens (including phenoxy) is 1. The standard InChI is InChI=1S/C14H15N3O3/c1-9-7-12(13(18)19)16-14(15-9)20-11-6-4-5-10(8-11)17(2)3/h4-8H,1-3H3,(H,18,19). The fourth-order valence-electron chi connectivity index (χ4n) is 1.63. The number of aryl methyl sites for hydroxylation is 1. The maximum absolute atomic E-state index is 10.9. The fourth-order valence-corrected chi connectivity index (χ4v) is 1.63. The van der Waals surface area contributed by atoms with Gasteiger partial charge in [0.1, 0.15) is 5.75 Å². The second kappa shape index (κ2) is 5.56. The van der Waals surface area contributed by atoms with Crippen LogP contribution in [0.25, 0.3) is 0 Å². The Morgan fingerprint density at radius 3 is 2.65 bits per heavy atom. The molecule has 0 amide bonds. The zero-order valence-electron chi connectivity index (χ0n) is 11.5. The first-order chi connectivity index (χ1) is 9.45. The number of aromatic nitrogens is 2. The lowest BCUT2D eigenvalue weighted by Crippen LogP contribution is -2.08. The summed E-state index contributed by atoms with van der Waals surface area (Å²) in [6.07, 6.45) is 0. The van der Waals surface area contributed by atoms with Gasteiger partial charge in [-0.15, -0.1) is 0 Å². The summed E-state index contributed by atoms with van der Waals surface area (Å²) in [7, 11) is 3.84. The predicted molar refractivity (Wildman–Crippen MR) is 74.6 cm³/mol. The molecule has 1 heterocycles. The molecule has 2 rings (SSSR count). The largest absolute Gasteiger partial charge is 0.477 e. The van der Waals surface area contributed by atoms with Crippen molar-refractivity contribution in [3.8, 4) is 11.8 Å². The Labute approximate surface area is 116 Å². The Morgan fingerprint density at radius 1 is 1.25 bits per heavy atom. The van der Waals surface area contributed by atoms with Crippen molar-refractivity contribution in [2.45, 2.75) is 6.92 Å². The first-order valence-corrected chi connectivity index (χ1v) is 6.00. The van der Waals surface area contributed by atoms with Gasteiger partial charge in [0.15, 0.2) is 5.69 Å². The summed E-state index contributed by atoms with van der Waals surface area (Å²) in [6, 6.07) is 8.79. The monoisotopic (exact) mass is 273 g/mol. The third-order valence-electron chi connectivity index (χ3n) is 2.60. The van der Waals surface area contributed by atoms with E-state index in [1.54, 1.807) is 13.0 Å². The van der Waals surface area contributed by atoms with Crippen molar-refractivity contribution in [1.82, 2.24) is 9.97 Å². The summed E-state index contributed by atoms with van der Waals surface area (Å²) in [6.45, 7) is 1.69. The summed E-state index contributed by atoms with van der Waals surface area (Å²) >= 11 is 0.